The third kappa shape index (κ3) is 3.58. The minimum atomic E-state index is -1.10. The number of benzene rings is 1. The Labute approximate surface area is 112 Å². The zero-order valence-corrected chi connectivity index (χ0v) is 9.96. The van der Waals surface area contributed by atoms with Gasteiger partial charge in [0.25, 0.3) is 0 Å². The molecule has 1 N–H and O–H groups in total. The van der Waals surface area contributed by atoms with Crippen molar-refractivity contribution in [2.75, 3.05) is 0 Å². The molecule has 0 aliphatic carbocycles. The summed E-state index contributed by atoms with van der Waals surface area (Å²) in [7, 11) is 0. The molecule has 0 fully saturated rings. The number of aromatic nitrogens is 2. The smallest absolute Gasteiger partial charge is 0.328 e. The van der Waals surface area contributed by atoms with Crippen LogP contribution in [0.1, 0.15) is 5.56 Å². The number of aliphatic carboxylic acids is 1. The molecular weight excluding hydrogens is 270 g/mol. The fourth-order valence-electron chi connectivity index (χ4n) is 1.29. The summed E-state index contributed by atoms with van der Waals surface area (Å²) in [5, 5.41) is 8.45. The Balaban J connectivity index is 2.12. The van der Waals surface area contributed by atoms with E-state index in [0.717, 1.165) is 18.2 Å². The minimum Gasteiger partial charge on any atom is -0.478 e. The molecular formula is C13H8F2N2O3. The molecule has 0 saturated carbocycles. The fourth-order valence-corrected chi connectivity index (χ4v) is 1.29. The van der Waals surface area contributed by atoms with Gasteiger partial charge < -0.3 is 9.84 Å². The lowest BCUT2D eigenvalue weighted by molar-refractivity contribution is -0.131. The van der Waals surface area contributed by atoms with E-state index in [4.69, 9.17) is 9.84 Å². The van der Waals surface area contributed by atoms with E-state index in [1.165, 1.54) is 18.5 Å². The first-order valence-corrected chi connectivity index (χ1v) is 5.40. The van der Waals surface area contributed by atoms with Gasteiger partial charge >= 0.3 is 12.0 Å². The van der Waals surface area contributed by atoms with Crippen LogP contribution in [0.3, 0.4) is 0 Å². The van der Waals surface area contributed by atoms with Crippen molar-refractivity contribution >= 4 is 12.0 Å². The summed E-state index contributed by atoms with van der Waals surface area (Å²) in [5.74, 6) is -2.90. The molecule has 2 aromatic rings. The highest BCUT2D eigenvalue weighted by atomic mass is 19.1. The van der Waals surface area contributed by atoms with E-state index in [-0.39, 0.29) is 11.8 Å². The summed E-state index contributed by atoms with van der Waals surface area (Å²) < 4.78 is 31.1. The summed E-state index contributed by atoms with van der Waals surface area (Å²) in [5.41, 5.74) is 0.444. The lowest BCUT2D eigenvalue weighted by Gasteiger charge is -2.04. The molecule has 102 valence electrons. The van der Waals surface area contributed by atoms with E-state index in [2.05, 4.69) is 9.97 Å². The average molecular weight is 278 g/mol. The van der Waals surface area contributed by atoms with E-state index in [1.54, 1.807) is 0 Å². The molecule has 7 heteroatoms. The Hall–Kier alpha value is -2.83. The third-order valence-corrected chi connectivity index (χ3v) is 2.16. The Kier molecular flexibility index (Phi) is 3.99. The first-order chi connectivity index (χ1) is 9.54. The predicted molar refractivity (Wildman–Crippen MR) is 65.1 cm³/mol. The maximum atomic E-state index is 13.3. The van der Waals surface area contributed by atoms with Crippen LogP contribution < -0.4 is 4.74 Å². The molecule has 1 heterocycles. The first kappa shape index (κ1) is 13.6. The van der Waals surface area contributed by atoms with Gasteiger partial charge in [0.1, 0.15) is 5.82 Å². The molecule has 1 aromatic heterocycles. The number of carbonyl (C=O) groups is 1. The molecule has 0 amide bonds. The van der Waals surface area contributed by atoms with E-state index in [9.17, 15) is 13.6 Å². The third-order valence-electron chi connectivity index (χ3n) is 2.16. The SMILES string of the molecule is O=C(O)/C=C/c1cnc(Oc2ccc(F)cc2F)nc1. The number of hydrogen-bond donors (Lipinski definition) is 1. The van der Waals surface area contributed by atoms with E-state index >= 15 is 0 Å². The minimum absolute atomic E-state index is 0.136. The largest absolute Gasteiger partial charge is 0.478 e. The van der Waals surface area contributed by atoms with Crippen LogP contribution in [0.4, 0.5) is 8.78 Å². The highest BCUT2D eigenvalue weighted by Crippen LogP contribution is 2.22. The van der Waals surface area contributed by atoms with Crippen LogP contribution in [0.25, 0.3) is 6.08 Å². The summed E-state index contributed by atoms with van der Waals surface area (Å²) in [6, 6.07) is 2.71. The second-order valence-corrected chi connectivity index (χ2v) is 3.65. The van der Waals surface area contributed by atoms with Crippen LogP contribution in [-0.4, -0.2) is 21.0 Å². The number of hydrogen-bond acceptors (Lipinski definition) is 4. The summed E-state index contributed by atoms with van der Waals surface area (Å²) in [6.45, 7) is 0. The normalized spacial score (nSPS) is 10.7. The van der Waals surface area contributed by atoms with E-state index in [0.29, 0.717) is 11.6 Å². The lowest BCUT2D eigenvalue weighted by atomic mass is 10.3. The van der Waals surface area contributed by atoms with Gasteiger partial charge in [0.15, 0.2) is 11.6 Å². The van der Waals surface area contributed by atoms with E-state index < -0.39 is 17.6 Å². The maximum Gasteiger partial charge on any atom is 0.328 e. The van der Waals surface area contributed by atoms with Crippen molar-refractivity contribution in [3.05, 3.63) is 53.9 Å². The van der Waals surface area contributed by atoms with Crippen LogP contribution in [0.15, 0.2) is 36.7 Å². The number of carboxylic acid groups (broad SMARTS) is 1. The topological polar surface area (TPSA) is 72.3 Å². The van der Waals surface area contributed by atoms with Gasteiger partial charge in [-0.3, -0.25) is 0 Å². The Morgan fingerprint density at radius 3 is 2.55 bits per heavy atom. The van der Waals surface area contributed by atoms with Gasteiger partial charge in [-0.2, -0.15) is 0 Å². The van der Waals surface area contributed by atoms with Crippen molar-refractivity contribution in [3.63, 3.8) is 0 Å². The molecule has 0 atom stereocenters. The molecule has 2 rings (SSSR count). The zero-order valence-electron chi connectivity index (χ0n) is 9.96. The predicted octanol–water partition coefficient (Wildman–Crippen LogP) is 2.64. The fraction of sp³-hybridized carbons (Fsp3) is 0. The summed E-state index contributed by atoms with van der Waals surface area (Å²) >= 11 is 0. The van der Waals surface area contributed by atoms with Crippen molar-refractivity contribution in [3.8, 4) is 11.8 Å². The Bertz CT molecular complexity index is 657. The van der Waals surface area contributed by atoms with Gasteiger partial charge in [0.05, 0.1) is 0 Å². The zero-order chi connectivity index (χ0) is 14.5. The molecule has 0 aliphatic rings. The number of halogens is 2. The van der Waals surface area contributed by atoms with Crippen LogP contribution in [0, 0.1) is 11.6 Å². The van der Waals surface area contributed by atoms with Crippen molar-refractivity contribution in [1.82, 2.24) is 9.97 Å². The standard InChI is InChI=1S/C13H8F2N2O3/c14-9-2-3-11(10(15)5-9)20-13-16-6-8(7-17-13)1-4-12(18)19/h1-7H,(H,18,19)/b4-1+. The van der Waals surface area contributed by atoms with Crippen LogP contribution in [0.5, 0.6) is 11.8 Å². The van der Waals surface area contributed by atoms with Gasteiger partial charge in [0.2, 0.25) is 0 Å². The molecule has 1 aromatic carbocycles. The highest BCUT2D eigenvalue weighted by molar-refractivity contribution is 5.85. The summed E-state index contributed by atoms with van der Waals surface area (Å²) in [4.78, 5) is 17.9. The number of nitrogens with zero attached hydrogens (tertiary/aromatic N) is 2. The molecule has 0 unspecified atom stereocenters. The van der Waals surface area contributed by atoms with Crippen molar-refractivity contribution in [1.29, 1.82) is 0 Å². The molecule has 0 radical (unpaired) electrons. The average Bonchev–Trinajstić information content (AvgIpc) is 2.41. The van der Waals surface area contributed by atoms with Gasteiger partial charge in [-0.25, -0.2) is 23.5 Å². The Morgan fingerprint density at radius 1 is 1.25 bits per heavy atom. The first-order valence-electron chi connectivity index (χ1n) is 5.40. The number of ether oxygens (including phenoxy) is 1. The molecule has 0 bridgehead atoms. The molecule has 5 nitrogen and oxygen atoms in total. The van der Waals surface area contributed by atoms with Crippen molar-refractivity contribution in [2.45, 2.75) is 0 Å². The molecule has 20 heavy (non-hydrogen) atoms. The van der Waals surface area contributed by atoms with Gasteiger partial charge in [-0.05, 0) is 18.2 Å². The number of rotatable bonds is 4. The lowest BCUT2D eigenvalue weighted by Crippen LogP contribution is -1.95. The van der Waals surface area contributed by atoms with E-state index in [1.807, 2.05) is 0 Å². The second-order valence-electron chi connectivity index (χ2n) is 3.65. The van der Waals surface area contributed by atoms with Crippen LogP contribution in [0.2, 0.25) is 0 Å². The van der Waals surface area contributed by atoms with Crippen LogP contribution in [-0.2, 0) is 4.79 Å². The molecule has 0 spiro atoms. The maximum absolute atomic E-state index is 13.3. The van der Waals surface area contributed by atoms with Gasteiger partial charge in [-0.1, -0.05) is 0 Å². The van der Waals surface area contributed by atoms with Gasteiger partial charge in [-0.15, -0.1) is 0 Å². The monoisotopic (exact) mass is 278 g/mol. The molecule has 0 aliphatic heterocycles. The number of carboxylic acids is 1. The highest BCUT2D eigenvalue weighted by Gasteiger charge is 2.07. The second kappa shape index (κ2) is 5.87. The van der Waals surface area contributed by atoms with Crippen molar-refractivity contribution in [2.24, 2.45) is 0 Å². The Morgan fingerprint density at radius 2 is 1.95 bits per heavy atom. The quantitative estimate of drug-likeness (QED) is 0.870. The summed E-state index contributed by atoms with van der Waals surface area (Å²) in [6.07, 6.45) is 4.84. The van der Waals surface area contributed by atoms with Gasteiger partial charge in [0, 0.05) is 30.1 Å². The van der Waals surface area contributed by atoms with Crippen molar-refractivity contribution < 1.29 is 23.4 Å². The molecule has 0 saturated heterocycles. The van der Waals surface area contributed by atoms with Crippen LogP contribution >= 0.6 is 0 Å².